The minimum Gasteiger partial charge on any atom is -0.454 e. The molecular weight excluding hydrogens is 338 g/mol. The van der Waals surface area contributed by atoms with Crippen LogP contribution in [-0.4, -0.2) is 23.5 Å². The van der Waals surface area contributed by atoms with Gasteiger partial charge in [0.2, 0.25) is 6.79 Å². The van der Waals surface area contributed by atoms with Crippen molar-refractivity contribution in [3.8, 4) is 11.5 Å². The fraction of sp³-hybridized carbons (Fsp3) is 0.125. The number of fused-ring (bicyclic) bond motifs is 1. The Hall–Kier alpha value is -2.31. The Morgan fingerprint density at radius 3 is 2.74 bits per heavy atom. The molecule has 0 saturated heterocycles. The van der Waals surface area contributed by atoms with Gasteiger partial charge in [-0.3, -0.25) is 14.5 Å². The first-order valence-electron chi connectivity index (χ1n) is 6.83. The van der Waals surface area contributed by atoms with Crippen molar-refractivity contribution in [3.63, 3.8) is 0 Å². The highest BCUT2D eigenvalue weighted by Crippen LogP contribution is 2.36. The summed E-state index contributed by atoms with van der Waals surface area (Å²) >= 11 is 7.48. The molecule has 0 atom stereocenters. The van der Waals surface area contributed by atoms with E-state index >= 15 is 0 Å². The Labute approximate surface area is 140 Å². The van der Waals surface area contributed by atoms with Crippen molar-refractivity contribution in [1.29, 1.82) is 0 Å². The van der Waals surface area contributed by atoms with Gasteiger partial charge in [-0.2, -0.15) is 0 Å². The van der Waals surface area contributed by atoms with Gasteiger partial charge >= 0.3 is 0 Å². The van der Waals surface area contributed by atoms with Gasteiger partial charge in [0.1, 0.15) is 5.03 Å². The highest BCUT2D eigenvalue weighted by atomic mass is 35.5. The highest BCUT2D eigenvalue weighted by molar-refractivity contribution is 7.11. The summed E-state index contributed by atoms with van der Waals surface area (Å²) in [6.07, 6.45) is 0. The minimum absolute atomic E-state index is 0.0295. The summed E-state index contributed by atoms with van der Waals surface area (Å²) < 4.78 is 10.6. The van der Waals surface area contributed by atoms with Crippen LogP contribution in [0.2, 0.25) is 0 Å². The van der Waals surface area contributed by atoms with Crippen LogP contribution in [-0.2, 0) is 16.1 Å². The second-order valence-corrected chi connectivity index (χ2v) is 6.38. The van der Waals surface area contributed by atoms with Gasteiger partial charge < -0.3 is 9.47 Å². The standard InChI is InChI=1S/C16H10ClNO4S/c17-14-13(12-2-1-5-23-12)15(19)18(16(14)20)7-9-3-4-10-11(6-9)22-8-21-10/h1-6H,7-8H2. The van der Waals surface area contributed by atoms with Crippen LogP contribution >= 0.6 is 22.9 Å². The molecule has 0 N–H and O–H groups in total. The molecule has 2 amide bonds. The number of thiophene rings is 1. The third-order valence-electron chi connectivity index (χ3n) is 3.66. The average Bonchev–Trinajstić information content (AvgIpc) is 3.25. The van der Waals surface area contributed by atoms with E-state index in [0.29, 0.717) is 16.4 Å². The summed E-state index contributed by atoms with van der Waals surface area (Å²) in [6.45, 7) is 0.315. The van der Waals surface area contributed by atoms with Crippen LogP contribution in [0.1, 0.15) is 10.4 Å². The Bertz CT molecular complexity index is 844. The fourth-order valence-electron chi connectivity index (χ4n) is 2.55. The number of imide groups is 1. The number of benzene rings is 1. The summed E-state index contributed by atoms with van der Waals surface area (Å²) in [6, 6.07) is 8.91. The van der Waals surface area contributed by atoms with Gasteiger partial charge in [-0.15, -0.1) is 11.3 Å². The molecule has 2 aliphatic rings. The van der Waals surface area contributed by atoms with Gasteiger partial charge in [0.15, 0.2) is 11.5 Å². The molecule has 0 radical (unpaired) electrons. The quantitative estimate of drug-likeness (QED) is 0.801. The third kappa shape index (κ3) is 2.31. The number of rotatable bonds is 3. The van der Waals surface area contributed by atoms with Crippen LogP contribution in [0.5, 0.6) is 11.5 Å². The molecule has 3 heterocycles. The predicted octanol–water partition coefficient (Wildman–Crippen LogP) is 3.00. The summed E-state index contributed by atoms with van der Waals surface area (Å²) in [5.41, 5.74) is 1.04. The Morgan fingerprint density at radius 1 is 1.13 bits per heavy atom. The number of hydrogen-bond acceptors (Lipinski definition) is 5. The Kier molecular flexibility index (Phi) is 3.36. The number of hydrogen-bond donors (Lipinski definition) is 0. The molecule has 5 nitrogen and oxygen atoms in total. The number of carbonyl (C=O) groups excluding carboxylic acids is 2. The number of amides is 2. The van der Waals surface area contributed by atoms with Crippen molar-refractivity contribution in [1.82, 2.24) is 4.90 Å². The zero-order chi connectivity index (χ0) is 16.0. The van der Waals surface area contributed by atoms with Crippen molar-refractivity contribution >= 4 is 40.3 Å². The number of halogens is 1. The molecule has 1 aromatic carbocycles. The summed E-state index contributed by atoms with van der Waals surface area (Å²) in [7, 11) is 0. The number of carbonyl (C=O) groups is 2. The zero-order valence-electron chi connectivity index (χ0n) is 11.7. The lowest BCUT2D eigenvalue weighted by atomic mass is 10.2. The molecule has 0 spiro atoms. The van der Waals surface area contributed by atoms with E-state index in [-0.39, 0.29) is 29.9 Å². The van der Waals surface area contributed by atoms with E-state index in [4.69, 9.17) is 21.1 Å². The second kappa shape index (κ2) is 5.40. The largest absolute Gasteiger partial charge is 0.454 e. The van der Waals surface area contributed by atoms with Gasteiger partial charge in [0, 0.05) is 4.88 Å². The molecule has 0 aliphatic carbocycles. The highest BCUT2D eigenvalue weighted by Gasteiger charge is 2.38. The minimum atomic E-state index is -0.474. The molecular formula is C16H10ClNO4S. The first-order chi connectivity index (χ1) is 11.1. The fourth-order valence-corrected chi connectivity index (χ4v) is 3.66. The van der Waals surface area contributed by atoms with E-state index in [0.717, 1.165) is 10.5 Å². The molecule has 116 valence electrons. The van der Waals surface area contributed by atoms with Gasteiger partial charge in [0.25, 0.3) is 11.8 Å². The molecule has 0 unspecified atom stereocenters. The Balaban J connectivity index is 1.62. The van der Waals surface area contributed by atoms with Crippen molar-refractivity contribution in [2.45, 2.75) is 6.54 Å². The van der Waals surface area contributed by atoms with Gasteiger partial charge in [0.05, 0.1) is 12.1 Å². The lowest BCUT2D eigenvalue weighted by molar-refractivity contribution is -0.137. The first-order valence-corrected chi connectivity index (χ1v) is 8.09. The van der Waals surface area contributed by atoms with E-state index in [1.54, 1.807) is 24.3 Å². The molecule has 0 bridgehead atoms. The third-order valence-corrected chi connectivity index (χ3v) is 4.89. The normalized spacial score (nSPS) is 16.7. The maximum absolute atomic E-state index is 12.6. The summed E-state index contributed by atoms with van der Waals surface area (Å²) in [5.74, 6) is 0.417. The van der Waals surface area contributed by atoms with Gasteiger partial charge in [-0.05, 0) is 29.1 Å². The molecule has 0 saturated carbocycles. The van der Waals surface area contributed by atoms with E-state index in [1.807, 2.05) is 11.4 Å². The van der Waals surface area contributed by atoms with E-state index in [2.05, 4.69) is 0 Å². The smallest absolute Gasteiger partial charge is 0.273 e. The molecule has 2 aliphatic heterocycles. The van der Waals surface area contributed by atoms with Crippen molar-refractivity contribution < 1.29 is 19.1 Å². The molecule has 23 heavy (non-hydrogen) atoms. The van der Waals surface area contributed by atoms with Crippen LogP contribution < -0.4 is 9.47 Å². The topological polar surface area (TPSA) is 55.8 Å². The van der Waals surface area contributed by atoms with E-state index in [1.165, 1.54) is 11.3 Å². The Morgan fingerprint density at radius 2 is 1.96 bits per heavy atom. The van der Waals surface area contributed by atoms with E-state index in [9.17, 15) is 9.59 Å². The lowest BCUT2D eigenvalue weighted by Gasteiger charge is -2.15. The van der Waals surface area contributed by atoms with Crippen molar-refractivity contribution in [2.75, 3.05) is 6.79 Å². The van der Waals surface area contributed by atoms with Gasteiger partial charge in [-0.1, -0.05) is 23.7 Å². The molecule has 2 aromatic rings. The van der Waals surface area contributed by atoms with Crippen LogP contribution in [0.15, 0.2) is 40.7 Å². The van der Waals surface area contributed by atoms with Gasteiger partial charge in [-0.25, -0.2) is 0 Å². The number of nitrogens with zero attached hydrogens (tertiary/aromatic N) is 1. The molecule has 1 aromatic heterocycles. The maximum atomic E-state index is 12.6. The summed E-state index contributed by atoms with van der Waals surface area (Å²) in [5, 5.41) is 1.81. The maximum Gasteiger partial charge on any atom is 0.273 e. The van der Waals surface area contributed by atoms with Crippen LogP contribution in [0.25, 0.3) is 5.57 Å². The average molecular weight is 348 g/mol. The van der Waals surface area contributed by atoms with Crippen LogP contribution in [0.4, 0.5) is 0 Å². The van der Waals surface area contributed by atoms with Crippen molar-refractivity contribution in [3.05, 3.63) is 51.2 Å². The van der Waals surface area contributed by atoms with E-state index < -0.39 is 5.91 Å². The first kappa shape index (κ1) is 14.3. The lowest BCUT2D eigenvalue weighted by Crippen LogP contribution is -2.30. The van der Waals surface area contributed by atoms with Crippen molar-refractivity contribution in [2.24, 2.45) is 0 Å². The predicted molar refractivity (Wildman–Crippen MR) is 85.2 cm³/mol. The zero-order valence-corrected chi connectivity index (χ0v) is 13.3. The second-order valence-electron chi connectivity index (χ2n) is 5.05. The van der Waals surface area contributed by atoms with Crippen LogP contribution in [0, 0.1) is 0 Å². The molecule has 7 heteroatoms. The molecule has 0 fully saturated rings. The molecule has 4 rings (SSSR count). The SMILES string of the molecule is O=C1C(Cl)=C(c2cccs2)C(=O)N1Cc1ccc2c(c1)OCO2. The summed E-state index contributed by atoms with van der Waals surface area (Å²) in [4.78, 5) is 26.7. The van der Waals surface area contributed by atoms with Crippen LogP contribution in [0.3, 0.4) is 0 Å². The number of ether oxygens (including phenoxy) is 2. The monoisotopic (exact) mass is 347 g/mol.